The van der Waals surface area contributed by atoms with E-state index in [0.717, 1.165) is 72.0 Å². The Morgan fingerprint density at radius 3 is 1.57 bits per heavy atom. The molecule has 11 aromatic rings. The number of nitrogens with zero attached hydrogens (tertiary/aromatic N) is 6. The summed E-state index contributed by atoms with van der Waals surface area (Å²) in [5.74, 6) is 1.97. The van der Waals surface area contributed by atoms with Gasteiger partial charge in [0.15, 0.2) is 5.82 Å². The SMILES string of the molecule is C1=CC2c3ccccc3N(c3nc(-c4cccc(-c5cccc(-c6ccccc6)c5-n5c6ccccc6c6ccccc65)c4)nc(-n4c5ccccc5c5ccccc54)n3)C2C=C1. The van der Waals surface area contributed by atoms with Crippen molar-refractivity contribution in [3.8, 4) is 45.3 Å². The van der Waals surface area contributed by atoms with Crippen molar-refractivity contribution in [2.45, 2.75) is 12.0 Å². The number of aromatic nitrogens is 5. The zero-order valence-corrected chi connectivity index (χ0v) is 34.1. The van der Waals surface area contributed by atoms with Crippen LogP contribution in [0.5, 0.6) is 0 Å². The summed E-state index contributed by atoms with van der Waals surface area (Å²) >= 11 is 0. The van der Waals surface area contributed by atoms with Gasteiger partial charge in [-0.05, 0) is 53.1 Å². The lowest BCUT2D eigenvalue weighted by molar-refractivity contribution is 0.725. The van der Waals surface area contributed by atoms with Crippen molar-refractivity contribution in [3.05, 3.63) is 224 Å². The van der Waals surface area contributed by atoms with Gasteiger partial charge in [0.1, 0.15) is 0 Å². The molecule has 0 fully saturated rings. The lowest BCUT2D eigenvalue weighted by Gasteiger charge is -2.27. The molecule has 2 atom stereocenters. The molecule has 13 rings (SSSR count). The summed E-state index contributed by atoms with van der Waals surface area (Å²) in [6.45, 7) is 0. The van der Waals surface area contributed by atoms with Gasteiger partial charge in [-0.2, -0.15) is 15.0 Å². The van der Waals surface area contributed by atoms with Crippen molar-refractivity contribution in [2.24, 2.45) is 0 Å². The predicted octanol–water partition coefficient (Wildman–Crippen LogP) is 13.8. The molecule has 6 nitrogen and oxygen atoms in total. The molecule has 4 heterocycles. The molecule has 0 bridgehead atoms. The fraction of sp³-hybridized carbons (Fsp3) is 0.0351. The quantitative estimate of drug-likeness (QED) is 0.168. The highest BCUT2D eigenvalue weighted by atomic mass is 15.3. The van der Waals surface area contributed by atoms with Crippen LogP contribution in [0.2, 0.25) is 0 Å². The van der Waals surface area contributed by atoms with Gasteiger partial charge in [0, 0.05) is 49.8 Å². The van der Waals surface area contributed by atoms with Gasteiger partial charge in [0.2, 0.25) is 11.9 Å². The van der Waals surface area contributed by atoms with Crippen LogP contribution in [-0.2, 0) is 0 Å². The Morgan fingerprint density at radius 2 is 0.889 bits per heavy atom. The summed E-state index contributed by atoms with van der Waals surface area (Å²) in [6.07, 6.45) is 8.85. The standard InChI is InChI=1S/C57H38N6/c1-2-18-37(19-3-1)40-28-17-29-41(54(40)61-48-30-10-4-22-42(48)43-23-5-11-31-49(43)61)38-20-16-21-39(36-38)55-58-56(62-50-32-12-6-24-44(50)45-25-7-13-33-51(45)62)60-57(59-55)63-52-34-14-8-26-46(52)47-27-9-15-35-53(47)63/h1-36,44,50H. The zero-order valence-electron chi connectivity index (χ0n) is 34.1. The third-order valence-corrected chi connectivity index (χ3v) is 12.9. The number of fused-ring (bicyclic) bond motifs is 9. The van der Waals surface area contributed by atoms with Crippen LogP contribution in [-0.4, -0.2) is 30.1 Å². The zero-order chi connectivity index (χ0) is 41.4. The highest BCUT2D eigenvalue weighted by Crippen LogP contribution is 2.47. The minimum Gasteiger partial charge on any atom is -0.308 e. The number of hydrogen-bond acceptors (Lipinski definition) is 4. The summed E-state index contributed by atoms with van der Waals surface area (Å²) in [5.41, 5.74) is 13.3. The molecule has 2 unspecified atom stereocenters. The van der Waals surface area contributed by atoms with Crippen molar-refractivity contribution in [1.82, 2.24) is 24.1 Å². The van der Waals surface area contributed by atoms with Crippen LogP contribution < -0.4 is 4.90 Å². The van der Waals surface area contributed by atoms with Crippen molar-refractivity contribution in [2.75, 3.05) is 4.90 Å². The topological polar surface area (TPSA) is 51.8 Å². The molecule has 8 aromatic carbocycles. The lowest BCUT2D eigenvalue weighted by Crippen LogP contribution is -2.30. The first-order chi connectivity index (χ1) is 31.3. The Labute approximate surface area is 364 Å². The third-order valence-electron chi connectivity index (χ3n) is 12.9. The van der Waals surface area contributed by atoms with Gasteiger partial charge in [-0.1, -0.05) is 182 Å². The van der Waals surface area contributed by atoms with E-state index in [2.05, 4.69) is 232 Å². The van der Waals surface area contributed by atoms with Gasteiger partial charge in [0.05, 0.1) is 33.8 Å². The molecule has 0 saturated carbocycles. The second-order valence-corrected chi connectivity index (χ2v) is 16.4. The maximum Gasteiger partial charge on any atom is 0.240 e. The summed E-state index contributed by atoms with van der Waals surface area (Å²) in [7, 11) is 0. The van der Waals surface area contributed by atoms with Crippen LogP contribution in [0.4, 0.5) is 11.6 Å². The fourth-order valence-electron chi connectivity index (χ4n) is 10.2. The monoisotopic (exact) mass is 806 g/mol. The molecule has 0 spiro atoms. The summed E-state index contributed by atoms with van der Waals surface area (Å²) in [4.78, 5) is 18.5. The first-order valence-electron chi connectivity index (χ1n) is 21.5. The van der Waals surface area contributed by atoms with Crippen LogP contribution in [0.25, 0.3) is 88.9 Å². The minimum absolute atomic E-state index is 0.0227. The molecule has 0 amide bonds. The molecule has 3 aromatic heterocycles. The van der Waals surface area contributed by atoms with E-state index in [1.54, 1.807) is 0 Å². The van der Waals surface area contributed by atoms with E-state index >= 15 is 0 Å². The number of benzene rings is 8. The van der Waals surface area contributed by atoms with Crippen LogP contribution in [0.1, 0.15) is 11.5 Å². The van der Waals surface area contributed by atoms with E-state index in [1.165, 1.54) is 16.3 Å². The molecule has 63 heavy (non-hydrogen) atoms. The van der Waals surface area contributed by atoms with E-state index in [0.29, 0.717) is 17.7 Å². The number of rotatable bonds is 6. The largest absolute Gasteiger partial charge is 0.308 e. The van der Waals surface area contributed by atoms with E-state index < -0.39 is 0 Å². The van der Waals surface area contributed by atoms with Crippen molar-refractivity contribution < 1.29 is 0 Å². The fourth-order valence-corrected chi connectivity index (χ4v) is 10.2. The molecule has 1 aliphatic heterocycles. The van der Waals surface area contributed by atoms with Crippen molar-refractivity contribution in [3.63, 3.8) is 0 Å². The first kappa shape index (κ1) is 35.4. The van der Waals surface area contributed by atoms with Crippen LogP contribution >= 0.6 is 0 Å². The van der Waals surface area contributed by atoms with E-state index in [9.17, 15) is 0 Å². The van der Waals surface area contributed by atoms with Gasteiger partial charge < -0.3 is 9.47 Å². The average molecular weight is 807 g/mol. The second kappa shape index (κ2) is 14.1. The maximum absolute atomic E-state index is 5.43. The number of anilines is 2. The van der Waals surface area contributed by atoms with Crippen molar-refractivity contribution in [1.29, 1.82) is 0 Å². The highest BCUT2D eigenvalue weighted by Gasteiger charge is 2.39. The second-order valence-electron chi connectivity index (χ2n) is 16.4. The normalized spacial score (nSPS) is 15.5. The number of allylic oxidation sites excluding steroid dienone is 2. The first-order valence-corrected chi connectivity index (χ1v) is 21.5. The summed E-state index contributed by atoms with van der Waals surface area (Å²) < 4.78 is 4.65. The van der Waals surface area contributed by atoms with Gasteiger partial charge >= 0.3 is 0 Å². The van der Waals surface area contributed by atoms with E-state index in [-0.39, 0.29) is 12.0 Å². The summed E-state index contributed by atoms with van der Waals surface area (Å²) in [6, 6.07) is 69.3. The number of hydrogen-bond donors (Lipinski definition) is 0. The third kappa shape index (κ3) is 5.48. The highest BCUT2D eigenvalue weighted by molar-refractivity contribution is 6.11. The van der Waals surface area contributed by atoms with Crippen LogP contribution in [0.15, 0.2) is 218 Å². The van der Waals surface area contributed by atoms with Gasteiger partial charge in [-0.15, -0.1) is 0 Å². The minimum atomic E-state index is 0.0227. The van der Waals surface area contributed by atoms with Gasteiger partial charge in [0.25, 0.3) is 0 Å². The van der Waals surface area contributed by atoms with Gasteiger partial charge in [-0.25, -0.2) is 0 Å². The predicted molar refractivity (Wildman–Crippen MR) is 258 cm³/mol. The van der Waals surface area contributed by atoms with Crippen molar-refractivity contribution >= 4 is 55.2 Å². The molecule has 6 heteroatoms. The molecule has 0 N–H and O–H groups in total. The van der Waals surface area contributed by atoms with Gasteiger partial charge in [-0.3, -0.25) is 4.57 Å². The maximum atomic E-state index is 5.43. The Kier molecular flexibility index (Phi) is 7.93. The Bertz CT molecular complexity index is 3560. The Morgan fingerprint density at radius 1 is 0.381 bits per heavy atom. The van der Waals surface area contributed by atoms with Crippen LogP contribution in [0, 0.1) is 0 Å². The Balaban J connectivity index is 1.06. The smallest absolute Gasteiger partial charge is 0.240 e. The lowest BCUT2D eigenvalue weighted by atomic mass is 9.92. The summed E-state index contributed by atoms with van der Waals surface area (Å²) in [5, 5.41) is 4.75. The number of para-hydroxylation sites is 6. The van der Waals surface area contributed by atoms with E-state index in [1.807, 2.05) is 0 Å². The Hall–Kier alpha value is -8.35. The van der Waals surface area contributed by atoms with Crippen LogP contribution in [0.3, 0.4) is 0 Å². The molecular formula is C57H38N6. The molecule has 296 valence electrons. The molecule has 0 saturated heterocycles. The van der Waals surface area contributed by atoms with E-state index in [4.69, 9.17) is 15.0 Å². The molecule has 0 radical (unpaired) electrons. The molecular weight excluding hydrogens is 769 g/mol. The molecule has 1 aliphatic carbocycles. The average Bonchev–Trinajstić information content (AvgIpc) is 4.00. The molecule has 2 aliphatic rings.